The van der Waals surface area contributed by atoms with Crippen LogP contribution in [0.3, 0.4) is 0 Å². The molecule has 0 spiro atoms. The molecular weight excluding hydrogens is 308 g/mol. The average molecular weight is 332 g/mol. The summed E-state index contributed by atoms with van der Waals surface area (Å²) in [5.41, 5.74) is 0.728. The highest BCUT2D eigenvalue weighted by Crippen LogP contribution is 2.27. The number of rotatable bonds is 7. The molecule has 24 heavy (non-hydrogen) atoms. The lowest BCUT2D eigenvalue weighted by Crippen LogP contribution is -2.52. The zero-order valence-electron chi connectivity index (χ0n) is 14.6. The zero-order chi connectivity index (χ0) is 17.9. The molecule has 1 atom stereocenters. The molecule has 0 bridgehead atoms. The molecule has 0 N–H and O–H groups in total. The number of methoxy groups -OCH3 is 1. The van der Waals surface area contributed by atoms with E-state index in [-0.39, 0.29) is 11.8 Å². The van der Waals surface area contributed by atoms with Gasteiger partial charge in [-0.25, -0.2) is 0 Å². The van der Waals surface area contributed by atoms with Gasteiger partial charge in [-0.3, -0.25) is 19.3 Å². The standard InChI is InChI=1S/C18H24N2O4/c1-12(2)15(18(23)19(3)10-7-11-24-4)20-16(21)13-8-5-6-9-14(13)17(20)22/h5-6,8-9,12,15H,7,10-11H2,1-4H3. The quantitative estimate of drug-likeness (QED) is 0.564. The molecule has 6 nitrogen and oxygen atoms in total. The molecular formula is C18H24N2O4. The Labute approximate surface area is 142 Å². The van der Waals surface area contributed by atoms with Crippen LogP contribution in [0.25, 0.3) is 0 Å². The molecule has 1 aliphatic heterocycles. The van der Waals surface area contributed by atoms with E-state index in [9.17, 15) is 14.4 Å². The number of carbonyl (C=O) groups excluding carboxylic acids is 3. The van der Waals surface area contributed by atoms with E-state index in [1.165, 1.54) is 0 Å². The molecule has 6 heteroatoms. The average Bonchev–Trinajstić information content (AvgIpc) is 2.80. The van der Waals surface area contributed by atoms with Crippen LogP contribution in [-0.2, 0) is 9.53 Å². The minimum atomic E-state index is -0.801. The molecule has 0 saturated carbocycles. The van der Waals surface area contributed by atoms with Gasteiger partial charge >= 0.3 is 0 Å². The van der Waals surface area contributed by atoms with Crippen molar-refractivity contribution in [3.8, 4) is 0 Å². The van der Waals surface area contributed by atoms with Crippen LogP contribution in [0.5, 0.6) is 0 Å². The molecule has 0 saturated heterocycles. The van der Waals surface area contributed by atoms with Crippen LogP contribution >= 0.6 is 0 Å². The second kappa shape index (κ2) is 7.57. The van der Waals surface area contributed by atoms with E-state index in [0.29, 0.717) is 30.7 Å². The molecule has 1 unspecified atom stereocenters. The number of likely N-dealkylation sites (N-methyl/N-ethyl adjacent to an activating group) is 1. The Morgan fingerprint density at radius 2 is 1.71 bits per heavy atom. The van der Waals surface area contributed by atoms with Crippen LogP contribution in [0.4, 0.5) is 0 Å². The summed E-state index contributed by atoms with van der Waals surface area (Å²) in [6, 6.07) is 5.89. The monoisotopic (exact) mass is 332 g/mol. The molecule has 130 valence electrons. The van der Waals surface area contributed by atoms with Crippen LogP contribution in [-0.4, -0.2) is 60.9 Å². The molecule has 0 radical (unpaired) electrons. The third kappa shape index (κ3) is 3.33. The SMILES string of the molecule is COCCCN(C)C(=O)C(C(C)C)N1C(=O)c2ccccc2C1=O. The maximum atomic E-state index is 12.8. The fraction of sp³-hybridized carbons (Fsp3) is 0.500. The lowest BCUT2D eigenvalue weighted by Gasteiger charge is -2.32. The van der Waals surface area contributed by atoms with Crippen molar-refractivity contribution in [2.45, 2.75) is 26.3 Å². The number of imide groups is 1. The minimum absolute atomic E-state index is 0.176. The highest BCUT2D eigenvalue weighted by atomic mass is 16.5. The third-order valence-corrected chi connectivity index (χ3v) is 4.21. The van der Waals surface area contributed by atoms with E-state index in [0.717, 1.165) is 4.90 Å². The number of carbonyl (C=O) groups is 3. The number of ether oxygens (including phenoxy) is 1. The summed E-state index contributed by atoms with van der Waals surface area (Å²) in [6.45, 7) is 4.75. The Morgan fingerprint density at radius 3 is 2.17 bits per heavy atom. The molecule has 1 heterocycles. The van der Waals surface area contributed by atoms with Crippen molar-refractivity contribution in [3.63, 3.8) is 0 Å². The third-order valence-electron chi connectivity index (χ3n) is 4.21. The van der Waals surface area contributed by atoms with E-state index in [1.54, 1.807) is 43.3 Å². The van der Waals surface area contributed by atoms with Gasteiger partial charge in [0.15, 0.2) is 0 Å². The van der Waals surface area contributed by atoms with Crippen molar-refractivity contribution >= 4 is 17.7 Å². The van der Waals surface area contributed by atoms with Crippen LogP contribution in [0.15, 0.2) is 24.3 Å². The van der Waals surface area contributed by atoms with E-state index in [4.69, 9.17) is 4.74 Å². The number of nitrogens with zero attached hydrogens (tertiary/aromatic N) is 2. The second-order valence-electron chi connectivity index (χ2n) is 6.32. The van der Waals surface area contributed by atoms with E-state index >= 15 is 0 Å². The largest absolute Gasteiger partial charge is 0.385 e. The fourth-order valence-corrected chi connectivity index (χ4v) is 2.94. The highest BCUT2D eigenvalue weighted by molar-refractivity contribution is 6.22. The molecule has 1 aromatic rings. The molecule has 3 amide bonds. The van der Waals surface area contributed by atoms with Gasteiger partial charge in [0.1, 0.15) is 6.04 Å². The summed E-state index contributed by atoms with van der Waals surface area (Å²) in [6.07, 6.45) is 0.700. The van der Waals surface area contributed by atoms with E-state index in [1.807, 2.05) is 13.8 Å². The predicted molar refractivity (Wildman–Crippen MR) is 89.7 cm³/mol. The first-order valence-corrected chi connectivity index (χ1v) is 8.11. The molecule has 0 fully saturated rings. The van der Waals surface area contributed by atoms with Crippen molar-refractivity contribution in [2.24, 2.45) is 5.92 Å². The summed E-state index contributed by atoms with van der Waals surface area (Å²) >= 11 is 0. The van der Waals surface area contributed by atoms with Crippen LogP contribution in [0.1, 0.15) is 41.0 Å². The van der Waals surface area contributed by atoms with E-state index in [2.05, 4.69) is 0 Å². The Morgan fingerprint density at radius 1 is 1.17 bits per heavy atom. The van der Waals surface area contributed by atoms with Gasteiger partial charge in [0, 0.05) is 27.3 Å². The minimum Gasteiger partial charge on any atom is -0.385 e. The van der Waals surface area contributed by atoms with Gasteiger partial charge in [-0.1, -0.05) is 26.0 Å². The maximum Gasteiger partial charge on any atom is 0.262 e. The first-order chi connectivity index (χ1) is 11.4. The molecule has 2 rings (SSSR count). The maximum absolute atomic E-state index is 12.8. The lowest BCUT2D eigenvalue weighted by molar-refractivity contribution is -0.135. The van der Waals surface area contributed by atoms with Gasteiger partial charge in [0.05, 0.1) is 11.1 Å². The first-order valence-electron chi connectivity index (χ1n) is 8.11. The molecule has 1 aromatic carbocycles. The van der Waals surface area contributed by atoms with E-state index < -0.39 is 17.9 Å². The van der Waals surface area contributed by atoms with Gasteiger partial charge in [-0.15, -0.1) is 0 Å². The number of hydrogen-bond donors (Lipinski definition) is 0. The second-order valence-corrected chi connectivity index (χ2v) is 6.32. The summed E-state index contributed by atoms with van der Waals surface area (Å²) in [5, 5.41) is 0. The predicted octanol–water partition coefficient (Wildman–Crippen LogP) is 1.80. The summed E-state index contributed by atoms with van der Waals surface area (Å²) < 4.78 is 5.00. The topological polar surface area (TPSA) is 66.9 Å². The van der Waals surface area contributed by atoms with Gasteiger partial charge in [0.2, 0.25) is 5.91 Å². The van der Waals surface area contributed by atoms with Crippen molar-refractivity contribution in [1.29, 1.82) is 0 Å². The van der Waals surface area contributed by atoms with Gasteiger partial charge in [-0.2, -0.15) is 0 Å². The van der Waals surface area contributed by atoms with Crippen molar-refractivity contribution in [2.75, 3.05) is 27.3 Å². The van der Waals surface area contributed by atoms with Crippen molar-refractivity contribution in [3.05, 3.63) is 35.4 Å². The smallest absolute Gasteiger partial charge is 0.262 e. The summed E-state index contributed by atoms with van der Waals surface area (Å²) in [4.78, 5) is 40.8. The molecule has 1 aliphatic rings. The Kier molecular flexibility index (Phi) is 5.72. The van der Waals surface area contributed by atoms with Gasteiger partial charge in [0.25, 0.3) is 11.8 Å². The highest BCUT2D eigenvalue weighted by Gasteiger charge is 2.44. The summed E-state index contributed by atoms with van der Waals surface area (Å²) in [7, 11) is 3.29. The molecule has 0 aromatic heterocycles. The number of fused-ring (bicyclic) bond motifs is 1. The normalized spacial score (nSPS) is 15.0. The number of hydrogen-bond acceptors (Lipinski definition) is 4. The number of benzene rings is 1. The molecule has 0 aliphatic carbocycles. The number of amides is 3. The Hall–Kier alpha value is -2.21. The van der Waals surface area contributed by atoms with Crippen LogP contribution in [0, 0.1) is 5.92 Å². The van der Waals surface area contributed by atoms with Gasteiger partial charge in [-0.05, 0) is 24.5 Å². The zero-order valence-corrected chi connectivity index (χ0v) is 14.6. The fourth-order valence-electron chi connectivity index (χ4n) is 2.94. The summed E-state index contributed by atoms with van der Waals surface area (Å²) in [5.74, 6) is -1.19. The van der Waals surface area contributed by atoms with Gasteiger partial charge < -0.3 is 9.64 Å². The Bertz CT molecular complexity index is 607. The first kappa shape index (κ1) is 18.1. The van der Waals surface area contributed by atoms with Crippen LogP contribution < -0.4 is 0 Å². The lowest BCUT2D eigenvalue weighted by atomic mass is 10.0. The van der Waals surface area contributed by atoms with Crippen LogP contribution in [0.2, 0.25) is 0 Å². The van der Waals surface area contributed by atoms with Crippen molar-refractivity contribution < 1.29 is 19.1 Å². The Balaban J connectivity index is 2.24. The van der Waals surface area contributed by atoms with Crippen molar-refractivity contribution in [1.82, 2.24) is 9.80 Å².